The van der Waals surface area contributed by atoms with E-state index < -0.39 is 109 Å². The summed E-state index contributed by atoms with van der Waals surface area (Å²) in [6, 6.07) is -7.16. The highest BCUT2D eigenvalue weighted by atomic mass is 16.4. The van der Waals surface area contributed by atoms with Crippen molar-refractivity contribution in [2.24, 2.45) is 22.6 Å². The molecule has 0 aromatic carbocycles. The first kappa shape index (κ1) is 55.3. The summed E-state index contributed by atoms with van der Waals surface area (Å²) in [5.74, 6) is -7.31. The van der Waals surface area contributed by atoms with E-state index in [2.05, 4.69) is 47.5 Å². The first-order chi connectivity index (χ1) is 31.8. The fraction of sp³-hybridized carbons (Fsp3) is 0.750. The van der Waals surface area contributed by atoms with E-state index in [4.69, 9.17) is 5.73 Å². The van der Waals surface area contributed by atoms with Crippen molar-refractivity contribution in [3.8, 4) is 0 Å². The second-order valence-corrected chi connectivity index (χ2v) is 18.3. The van der Waals surface area contributed by atoms with Crippen molar-refractivity contribution in [3.05, 3.63) is 0 Å². The average molecular weight is 947 g/mol. The Bertz CT molecular complexity index is 1790. The lowest BCUT2D eigenvalue weighted by molar-refractivity contribution is -0.148. The molecule has 0 aliphatic carbocycles. The van der Waals surface area contributed by atoms with Gasteiger partial charge in [0, 0.05) is 39.6 Å². The largest absolute Gasteiger partial charge is 0.481 e. The highest BCUT2D eigenvalue weighted by molar-refractivity contribution is 5.99. The lowest BCUT2D eigenvalue weighted by Gasteiger charge is -2.33. The minimum absolute atomic E-state index is 0.00642. The molecule has 3 rings (SSSR count). The van der Waals surface area contributed by atoms with Crippen LogP contribution in [0.2, 0.25) is 0 Å². The van der Waals surface area contributed by atoms with Crippen LogP contribution in [0.5, 0.6) is 0 Å². The monoisotopic (exact) mass is 947 g/mol. The molecule has 0 saturated carbocycles. The van der Waals surface area contributed by atoms with E-state index in [9.17, 15) is 53.1 Å². The number of nitrogens with one attached hydrogen (secondary N) is 8. The van der Waals surface area contributed by atoms with Crippen LogP contribution in [0.4, 0.5) is 0 Å². The zero-order chi connectivity index (χ0) is 49.6. The molecule has 23 heteroatoms. The van der Waals surface area contributed by atoms with Crippen LogP contribution in [-0.2, 0) is 47.9 Å². The van der Waals surface area contributed by atoms with Crippen LogP contribution in [0.1, 0.15) is 118 Å². The molecule has 0 radical (unpaired) electrons. The molecule has 376 valence electrons. The lowest BCUT2D eigenvalue weighted by atomic mass is 10.0. The van der Waals surface area contributed by atoms with Crippen LogP contribution in [0, 0.1) is 11.8 Å². The van der Waals surface area contributed by atoms with Crippen molar-refractivity contribution in [1.82, 2.24) is 52.3 Å². The molecular formula is C44H74N12O11. The Morgan fingerprint density at radius 1 is 0.657 bits per heavy atom. The molecule has 0 aromatic rings. The van der Waals surface area contributed by atoms with Gasteiger partial charge in [0.15, 0.2) is 5.96 Å². The van der Waals surface area contributed by atoms with Crippen molar-refractivity contribution in [1.29, 1.82) is 0 Å². The number of hydrogen-bond acceptors (Lipinski definition) is 11. The minimum Gasteiger partial charge on any atom is -0.481 e. The summed E-state index contributed by atoms with van der Waals surface area (Å²) in [6.45, 7) is 9.26. The van der Waals surface area contributed by atoms with Crippen LogP contribution in [-0.4, -0.2) is 162 Å². The molecule has 6 atom stereocenters. The molecular weight excluding hydrogens is 873 g/mol. The van der Waals surface area contributed by atoms with E-state index in [0.717, 1.165) is 25.7 Å². The first-order valence-electron chi connectivity index (χ1n) is 23.6. The molecule has 3 fully saturated rings. The number of guanidine groups is 1. The van der Waals surface area contributed by atoms with Gasteiger partial charge in [-0.15, -0.1) is 0 Å². The van der Waals surface area contributed by atoms with E-state index >= 15 is 0 Å². The molecule has 23 nitrogen and oxygen atoms in total. The number of carbonyl (C=O) groups is 10. The standard InChI is InChI=1S/C44H74N12O11/c1-26(2)21-30-39(63)53-29(13-10-18-48-44(45)47-17-9-7-6-8-16-46-28(5)57)38(62)49-24-35(58)52-31(23-37(60)61)40(64)54-32(22-27(3)4)42(66)56-20-12-15-34(56)43(67)55-19-11-14-33(55)41(65)50-25-36(59)51-30/h26-27,29-34H,6-25H2,1-5H3,(H,46,57)(H,49,62)(H,50,65)(H,51,59)(H,52,58)(H,53,63)(H,54,64)(H,60,61)(H3,45,47,48)/t29-,30-,31-,32-,33-,34+/m0/s1. The molecule has 9 amide bonds. The number of unbranched alkanes of at least 4 members (excludes halogenated alkanes) is 3. The van der Waals surface area contributed by atoms with Crippen molar-refractivity contribution < 1.29 is 53.1 Å². The predicted molar refractivity (Wildman–Crippen MR) is 245 cm³/mol. The number of hydrogen-bond donors (Lipinski definition) is 10. The highest BCUT2D eigenvalue weighted by Gasteiger charge is 2.44. The van der Waals surface area contributed by atoms with E-state index in [1.165, 1.54) is 16.7 Å². The van der Waals surface area contributed by atoms with Gasteiger partial charge in [0.1, 0.15) is 36.3 Å². The van der Waals surface area contributed by atoms with Crippen LogP contribution < -0.4 is 48.3 Å². The van der Waals surface area contributed by atoms with Gasteiger partial charge in [-0.25, -0.2) is 0 Å². The van der Waals surface area contributed by atoms with Crippen LogP contribution in [0.15, 0.2) is 4.99 Å². The van der Waals surface area contributed by atoms with Gasteiger partial charge >= 0.3 is 5.97 Å². The van der Waals surface area contributed by atoms with Crippen LogP contribution >= 0.6 is 0 Å². The average Bonchev–Trinajstić information content (AvgIpc) is 3.96. The summed E-state index contributed by atoms with van der Waals surface area (Å²) in [5, 5.41) is 30.8. The molecule has 0 unspecified atom stereocenters. The Hall–Kier alpha value is -6.03. The number of nitrogens with two attached hydrogens (primary N) is 1. The van der Waals surface area contributed by atoms with E-state index in [1.807, 2.05) is 27.7 Å². The summed E-state index contributed by atoms with van der Waals surface area (Å²) in [4.78, 5) is 140. The topological polar surface area (TPSA) is 332 Å². The van der Waals surface area contributed by atoms with Gasteiger partial charge in [0.25, 0.3) is 0 Å². The summed E-state index contributed by atoms with van der Waals surface area (Å²) in [7, 11) is 0. The number of rotatable bonds is 17. The second-order valence-electron chi connectivity index (χ2n) is 18.3. The number of carboxylic acid groups (broad SMARTS) is 1. The Labute approximate surface area is 392 Å². The number of nitrogens with zero attached hydrogens (tertiary/aromatic N) is 3. The van der Waals surface area contributed by atoms with Gasteiger partial charge in [0.2, 0.25) is 53.2 Å². The zero-order valence-corrected chi connectivity index (χ0v) is 39.7. The third kappa shape index (κ3) is 19.4. The summed E-state index contributed by atoms with van der Waals surface area (Å²) < 4.78 is 0. The fourth-order valence-corrected chi connectivity index (χ4v) is 8.28. The molecule has 0 bridgehead atoms. The lowest BCUT2D eigenvalue weighted by Crippen LogP contribution is -2.59. The molecule has 3 aliphatic rings. The predicted octanol–water partition coefficient (Wildman–Crippen LogP) is -1.90. The third-order valence-electron chi connectivity index (χ3n) is 11.6. The molecule has 3 aliphatic heterocycles. The molecule has 3 saturated heterocycles. The summed E-state index contributed by atoms with van der Waals surface area (Å²) in [5.41, 5.74) is 6.05. The van der Waals surface area contributed by atoms with E-state index in [0.29, 0.717) is 38.8 Å². The number of carbonyl (C=O) groups excluding carboxylic acids is 9. The van der Waals surface area contributed by atoms with Gasteiger partial charge < -0.3 is 63.2 Å². The molecule has 0 aromatic heterocycles. The zero-order valence-electron chi connectivity index (χ0n) is 39.7. The van der Waals surface area contributed by atoms with Gasteiger partial charge in [-0.3, -0.25) is 52.9 Å². The molecule has 0 spiro atoms. The van der Waals surface area contributed by atoms with Crippen LogP contribution in [0.25, 0.3) is 0 Å². The maximum atomic E-state index is 14.2. The number of amides is 9. The molecule has 67 heavy (non-hydrogen) atoms. The van der Waals surface area contributed by atoms with Gasteiger partial charge in [-0.2, -0.15) is 0 Å². The van der Waals surface area contributed by atoms with Crippen molar-refractivity contribution in [2.75, 3.05) is 45.8 Å². The normalized spacial score (nSPS) is 24.4. The maximum Gasteiger partial charge on any atom is 0.305 e. The third-order valence-corrected chi connectivity index (χ3v) is 11.6. The number of aliphatic imine (C=N–C) groups is 1. The van der Waals surface area contributed by atoms with Crippen molar-refractivity contribution >= 4 is 65.1 Å². The summed E-state index contributed by atoms with van der Waals surface area (Å²) in [6.07, 6.45) is 4.72. The fourth-order valence-electron chi connectivity index (χ4n) is 8.28. The maximum absolute atomic E-state index is 14.2. The number of fused-ring (bicyclic) bond motifs is 2. The SMILES string of the molecule is CC(=O)NCCCCCCNC(N)=NCCC[C@@H]1NC(=O)[C@H](CC(C)C)NC(=O)CNC(=O)[C@@H]2CCCN2C(=O)[C@H]2CCCN2C(=O)[C@H](CC(C)C)NC(=O)[C@H](CC(=O)O)NC(=O)CNC1=O. The minimum atomic E-state index is -1.67. The Kier molecular flexibility index (Phi) is 23.3. The Morgan fingerprint density at radius 3 is 1.78 bits per heavy atom. The van der Waals surface area contributed by atoms with Crippen LogP contribution in [0.3, 0.4) is 0 Å². The molecule has 3 heterocycles. The van der Waals surface area contributed by atoms with Crippen molar-refractivity contribution in [3.63, 3.8) is 0 Å². The quantitative estimate of drug-likeness (QED) is 0.0434. The smallest absolute Gasteiger partial charge is 0.305 e. The number of aliphatic carboxylic acids is 1. The molecule has 11 N–H and O–H groups in total. The highest BCUT2D eigenvalue weighted by Crippen LogP contribution is 2.26. The van der Waals surface area contributed by atoms with Gasteiger partial charge in [-0.05, 0) is 76.0 Å². The van der Waals surface area contributed by atoms with Crippen molar-refractivity contribution in [2.45, 2.75) is 154 Å². The Balaban J connectivity index is 1.86. The first-order valence-corrected chi connectivity index (χ1v) is 23.6. The van der Waals surface area contributed by atoms with Gasteiger partial charge in [0.05, 0.1) is 19.5 Å². The number of carboxylic acids is 1. The second kappa shape index (κ2) is 28.2. The van der Waals surface area contributed by atoms with Gasteiger partial charge in [-0.1, -0.05) is 40.5 Å². The van der Waals surface area contributed by atoms with E-state index in [-0.39, 0.29) is 69.0 Å². The van der Waals surface area contributed by atoms with E-state index in [1.54, 1.807) is 0 Å². The Morgan fingerprint density at radius 2 is 1.18 bits per heavy atom. The summed E-state index contributed by atoms with van der Waals surface area (Å²) >= 11 is 0.